The van der Waals surface area contributed by atoms with E-state index >= 15 is 0 Å². The molecule has 17 aromatic rings. The Balaban J connectivity index is 0.000000184. The van der Waals surface area contributed by atoms with Gasteiger partial charge in [0.05, 0.1) is 51.8 Å². The van der Waals surface area contributed by atoms with Gasteiger partial charge in [-0.05, 0) is 229 Å². The first kappa shape index (κ1) is 119. The van der Waals surface area contributed by atoms with Crippen LogP contribution in [0, 0.1) is 5.92 Å². The minimum Gasteiger partial charge on any atom is -0.481 e. The van der Waals surface area contributed by atoms with Crippen molar-refractivity contribution in [1.82, 2.24) is 15.0 Å². The van der Waals surface area contributed by atoms with Crippen molar-refractivity contribution >= 4 is 167 Å². The number of carbonyl (C=O) groups excluding carboxylic acids is 6. The first-order valence-corrected chi connectivity index (χ1v) is 54.0. The number of rotatable bonds is 30. The highest BCUT2D eigenvalue weighted by Crippen LogP contribution is 2.30. The molecule has 0 radical (unpaired) electrons. The van der Waals surface area contributed by atoms with Crippen molar-refractivity contribution in [2.75, 3.05) is 50.6 Å². The van der Waals surface area contributed by atoms with Crippen molar-refractivity contribution in [2.45, 2.75) is 141 Å². The highest BCUT2D eigenvalue weighted by Gasteiger charge is 2.26. The minimum atomic E-state index is -0.757. The highest BCUT2D eigenvalue weighted by atomic mass is 127. The number of hydrogen-bond donors (Lipinski definition) is 2. The van der Waals surface area contributed by atoms with E-state index in [4.69, 9.17) is 20.5 Å². The normalized spacial score (nSPS) is 11.6. The predicted molar refractivity (Wildman–Crippen MR) is 617 cm³/mol. The van der Waals surface area contributed by atoms with Crippen molar-refractivity contribution in [3.05, 3.63) is 431 Å². The third-order valence-corrected chi connectivity index (χ3v) is 25.1. The van der Waals surface area contributed by atoms with E-state index in [0.717, 1.165) is 78.8 Å². The number of halogens is 3. The van der Waals surface area contributed by atoms with Crippen LogP contribution in [0.5, 0.6) is 0 Å². The fourth-order valence-electron chi connectivity index (χ4n) is 15.8. The second kappa shape index (κ2) is 69.2. The van der Waals surface area contributed by atoms with Gasteiger partial charge in [-0.15, -0.1) is 5.10 Å². The summed E-state index contributed by atoms with van der Waals surface area (Å²) in [5.74, 6) is -3.58. The molecule has 16 aromatic carbocycles. The zero-order valence-corrected chi connectivity index (χ0v) is 90.5. The number of carboxylic acid groups (broad SMARTS) is 2. The number of aromatic nitrogens is 3. The number of carbonyl (C=O) groups is 8. The zero-order valence-electron chi connectivity index (χ0n) is 85.2. The number of carboxylic acids is 2. The second-order valence-corrected chi connectivity index (χ2v) is 36.4. The second-order valence-electron chi connectivity index (χ2n) is 34.2. The van der Waals surface area contributed by atoms with Gasteiger partial charge in [-0.25, -0.2) is 0 Å². The lowest BCUT2D eigenvalue weighted by Gasteiger charge is -2.08. The summed E-state index contributed by atoms with van der Waals surface area (Å²) in [7, 11) is 0. The average molecular weight is 2260 g/mol. The van der Waals surface area contributed by atoms with Gasteiger partial charge >= 0.3 is 47.8 Å². The number of aliphatic carboxylic acids is 2. The molecule has 0 saturated carbocycles. The third-order valence-electron chi connectivity index (χ3n) is 23.3. The molecule has 25 heteroatoms. The summed E-state index contributed by atoms with van der Waals surface area (Å²) in [5.41, 5.74) is 23.2. The average Bonchev–Trinajstić information content (AvgIpc) is 1.61. The molecule has 0 amide bonds. The molecule has 1 aromatic heterocycles. The molecule has 0 bridgehead atoms. The maximum absolute atomic E-state index is 11.4. The molecular formula is C125H129Br2IN6O16. The monoisotopic (exact) mass is 2250 g/mol. The van der Waals surface area contributed by atoms with Crippen molar-refractivity contribution < 1.29 is 77.0 Å². The highest BCUT2D eigenvalue weighted by molar-refractivity contribution is 14.1. The summed E-state index contributed by atoms with van der Waals surface area (Å²) >= 11 is 9.36. The molecule has 1 unspecified atom stereocenters. The summed E-state index contributed by atoms with van der Waals surface area (Å²) in [5, 5.41) is 45.8. The Morgan fingerprint density at radius 1 is 0.407 bits per heavy atom. The van der Waals surface area contributed by atoms with Crippen molar-refractivity contribution in [1.29, 1.82) is 0 Å². The molecule has 2 aliphatic heterocycles. The maximum Gasteiger partial charge on any atom is 0.317 e. The van der Waals surface area contributed by atoms with Crippen LogP contribution in [0.25, 0.3) is 97.3 Å². The number of ether oxygens (including phenoxy) is 6. The van der Waals surface area contributed by atoms with Crippen molar-refractivity contribution in [3.8, 4) is 22.3 Å². The number of benzene rings is 16. The molecule has 2 aliphatic rings. The quantitative estimate of drug-likeness (QED) is 0.00617. The number of fused-ring (bicyclic) bond motifs is 6. The van der Waals surface area contributed by atoms with Crippen LogP contribution in [0.3, 0.4) is 0 Å². The Labute approximate surface area is 908 Å². The largest absolute Gasteiger partial charge is 0.481 e. The number of nitrogens with zero attached hydrogens (tertiary/aromatic N) is 6. The lowest BCUT2D eigenvalue weighted by Crippen LogP contribution is -2.13. The Bertz CT molecular complexity index is 7020. The van der Waals surface area contributed by atoms with Crippen LogP contribution in [-0.4, -0.2) is 124 Å². The van der Waals surface area contributed by atoms with Gasteiger partial charge in [0.25, 0.3) is 0 Å². The summed E-state index contributed by atoms with van der Waals surface area (Å²) in [6.07, 6.45) is 12.8. The Morgan fingerprint density at radius 3 is 1.11 bits per heavy atom. The fraction of sp³-hybridized carbons (Fsp3) is 0.248. The van der Waals surface area contributed by atoms with Gasteiger partial charge < -0.3 is 38.6 Å². The molecule has 2 saturated heterocycles. The van der Waals surface area contributed by atoms with E-state index in [-0.39, 0.29) is 70.0 Å². The molecule has 1 atom stereocenters. The van der Waals surface area contributed by atoms with Gasteiger partial charge in [0.2, 0.25) is 0 Å². The number of hydrogen-bond acceptors (Lipinski definition) is 17. The fourth-order valence-corrected chi connectivity index (χ4v) is 17.2. The minimum absolute atomic E-state index is 0.0178. The van der Waals surface area contributed by atoms with Gasteiger partial charge in [-0.2, -0.15) is 0 Å². The van der Waals surface area contributed by atoms with E-state index < -0.39 is 35.8 Å². The SMILES string of the molecule is BrCc1ccc2ccccc2c1.BrCc1ccccc1-c1ccccc1.CCOC(=O)CC(=O)OCC.CCOC(=O)CC(=O)OCC.ICCc1ccc2ccccc2c1.O=C(O)CCCc1ccc2ccccc2c1.O=C(O)CCc1ccccc1-c1ccccc1.O=C1CCCO1.O=C1OCCC1CCc1ccc2ccccc2c1.[N-]=[N+]=NCCc1ccc2ccccc2c1.c1ccc2cc(CCn3ccnn3)ccc2c1. The number of alkyl halides is 3. The molecule has 150 heavy (non-hydrogen) atoms. The summed E-state index contributed by atoms with van der Waals surface area (Å²) in [6, 6.07) is 126. The van der Waals surface area contributed by atoms with Gasteiger partial charge in [0.15, 0.2) is 0 Å². The van der Waals surface area contributed by atoms with E-state index in [1.807, 2.05) is 95.8 Å². The summed E-state index contributed by atoms with van der Waals surface area (Å²) in [4.78, 5) is 87.6. The van der Waals surface area contributed by atoms with E-state index in [0.29, 0.717) is 39.0 Å². The van der Waals surface area contributed by atoms with Crippen LogP contribution in [0.15, 0.2) is 381 Å². The Morgan fingerprint density at radius 2 is 0.767 bits per heavy atom. The van der Waals surface area contributed by atoms with Crippen LogP contribution >= 0.6 is 54.5 Å². The standard InChI is InChI=1S/C16H16O2.C15H14O2.C14H13N3.C14H14O2.C13H11Br.C12H11I.C12H11N3.C11H9Br.2C7H12O4.C4H6O2/c17-16-14(9-10-18-16)8-6-12-5-7-13-3-1-2-4-15(13)11-12;16-15(17)11-10-13-8-4-5-9-14(13)12-6-2-1-3-7-12;1-2-4-14-11-12(5-6-13(14)3-1)7-9-17-10-8-15-16-17;15-14(16)7-3-4-11-8-9-12-5-1-2-6-13(12)10-11;14-10-12-8-4-5-9-13(12)11-6-2-1-3-7-11;13-8-7-10-5-6-11-3-1-2-4-12(11)9-10;13-15-14-8-7-10-5-6-11-3-1-2-4-12(11)9-10;12-8-9-5-6-10-3-1-2-4-11(10)7-9;2*1-3-10-6(8)5-7(9)11-4-2;5-4-2-1-3-6-4/h1-5,7,11,14H,6,8-10H2;1-9H,10-11H2,(H,16,17);1-6,8,10-11H,7,9H2;1-2,5-6,8-10H,3-4,7H2,(H,15,16);1-9H,10H2;1-6,9H,7-8H2;1-6,9H,7-8H2;1-7H,8H2;2*3-5H2,1-2H3;1-3H2. The number of aryl methyl sites for hydroxylation is 6. The molecule has 2 N–H and O–H groups in total. The van der Waals surface area contributed by atoms with E-state index in [1.54, 1.807) is 33.9 Å². The van der Waals surface area contributed by atoms with Gasteiger partial charge in [0.1, 0.15) is 12.8 Å². The Hall–Kier alpha value is -15.0. The summed E-state index contributed by atoms with van der Waals surface area (Å²) < 4.78 is 30.6. The predicted octanol–water partition coefficient (Wildman–Crippen LogP) is 29.4. The van der Waals surface area contributed by atoms with Crippen LogP contribution in [0.2, 0.25) is 0 Å². The van der Waals surface area contributed by atoms with E-state index in [9.17, 15) is 38.4 Å². The maximum atomic E-state index is 11.4. The molecule has 2 fully saturated rings. The van der Waals surface area contributed by atoms with Crippen LogP contribution < -0.4 is 0 Å². The molecular weight excluding hydrogens is 2130 g/mol. The van der Waals surface area contributed by atoms with Crippen LogP contribution in [0.4, 0.5) is 0 Å². The topological polar surface area (TPSA) is 312 Å². The van der Waals surface area contributed by atoms with Crippen molar-refractivity contribution in [2.24, 2.45) is 11.0 Å². The van der Waals surface area contributed by atoms with Gasteiger partial charge in [-0.1, -0.05) is 429 Å². The molecule has 0 aliphatic carbocycles. The first-order chi connectivity index (χ1) is 73.2. The van der Waals surface area contributed by atoms with Crippen LogP contribution in [-0.2, 0) is 123 Å². The Kier molecular flexibility index (Phi) is 54.7. The smallest absolute Gasteiger partial charge is 0.317 e. The first-order valence-electron chi connectivity index (χ1n) is 50.2. The lowest BCUT2D eigenvalue weighted by molar-refractivity contribution is -0.155. The summed E-state index contributed by atoms with van der Waals surface area (Å²) in [6.45, 7) is 10.5. The molecule has 22 nitrogen and oxygen atoms in total. The van der Waals surface area contributed by atoms with Gasteiger partial charge in [0, 0.05) is 58.5 Å². The number of esters is 6. The molecule has 3 heterocycles. The number of azide groups is 1. The van der Waals surface area contributed by atoms with Crippen LogP contribution in [0.1, 0.15) is 130 Å². The molecule has 0 spiro atoms. The molecule has 19 rings (SSSR count). The van der Waals surface area contributed by atoms with Crippen molar-refractivity contribution in [3.63, 3.8) is 0 Å². The number of cyclic esters (lactones) is 2. The third kappa shape index (κ3) is 44.6. The van der Waals surface area contributed by atoms with Gasteiger partial charge in [-0.3, -0.25) is 43.0 Å². The zero-order chi connectivity index (χ0) is 107. The lowest BCUT2D eigenvalue weighted by atomic mass is 9.97. The van der Waals surface area contributed by atoms with E-state index in [2.05, 4.69) is 378 Å². The molecule has 776 valence electrons. The van der Waals surface area contributed by atoms with E-state index in [1.165, 1.54) is 126 Å².